The number of benzene rings is 1. The van der Waals surface area contributed by atoms with Gasteiger partial charge >= 0.3 is 0 Å². The molecule has 0 aliphatic heterocycles. The van der Waals surface area contributed by atoms with Gasteiger partial charge in [-0.15, -0.1) is 11.3 Å². The molecule has 0 aliphatic rings. The van der Waals surface area contributed by atoms with Crippen molar-refractivity contribution in [3.63, 3.8) is 0 Å². The van der Waals surface area contributed by atoms with Crippen LogP contribution in [0.5, 0.6) is 0 Å². The first-order valence-corrected chi connectivity index (χ1v) is 7.46. The molecule has 2 heterocycles. The van der Waals surface area contributed by atoms with Crippen LogP contribution in [0.15, 0.2) is 41.9 Å². The second-order valence-corrected chi connectivity index (χ2v) is 6.17. The maximum absolute atomic E-state index is 9.33. The van der Waals surface area contributed by atoms with Crippen molar-refractivity contribution in [1.29, 1.82) is 5.26 Å². The number of rotatable bonds is 3. The van der Waals surface area contributed by atoms with Crippen LogP contribution in [0, 0.1) is 11.3 Å². The Labute approximate surface area is 127 Å². The zero-order valence-corrected chi connectivity index (χ0v) is 12.6. The number of nitrogens with zero attached hydrogens (tertiary/aromatic N) is 3. The Kier molecular flexibility index (Phi) is 3.32. The Bertz CT molecular complexity index is 816. The third-order valence-electron chi connectivity index (χ3n) is 3.24. The van der Waals surface area contributed by atoms with Crippen molar-refractivity contribution in [1.82, 2.24) is 9.97 Å². The molecule has 4 nitrogen and oxygen atoms in total. The molecule has 0 fully saturated rings. The Hall–Kier alpha value is -2.45. The highest BCUT2D eigenvalue weighted by molar-refractivity contribution is 7.09. The number of thiazole rings is 1. The molecule has 0 amide bonds. The van der Waals surface area contributed by atoms with E-state index in [9.17, 15) is 5.26 Å². The van der Waals surface area contributed by atoms with E-state index in [4.69, 9.17) is 0 Å². The molecule has 0 saturated carbocycles. The van der Waals surface area contributed by atoms with Gasteiger partial charge in [0.05, 0.1) is 22.7 Å². The zero-order valence-electron chi connectivity index (χ0n) is 11.8. The normalized spacial score (nSPS) is 11.3. The van der Waals surface area contributed by atoms with Gasteiger partial charge in [0.2, 0.25) is 0 Å². The highest BCUT2D eigenvalue weighted by Crippen LogP contribution is 2.28. The lowest BCUT2D eigenvalue weighted by Crippen LogP contribution is -2.28. The van der Waals surface area contributed by atoms with E-state index < -0.39 is 0 Å². The summed E-state index contributed by atoms with van der Waals surface area (Å²) in [4.78, 5) is 8.95. The molecule has 2 aromatic heterocycles. The number of nitriles is 1. The summed E-state index contributed by atoms with van der Waals surface area (Å²) in [5.74, 6) is 0.686. The van der Waals surface area contributed by atoms with Crippen LogP contribution in [0.3, 0.4) is 0 Å². The Balaban J connectivity index is 2.04. The van der Waals surface area contributed by atoms with Crippen molar-refractivity contribution < 1.29 is 0 Å². The largest absolute Gasteiger partial charge is 0.359 e. The van der Waals surface area contributed by atoms with Crippen LogP contribution in [0.1, 0.15) is 24.4 Å². The van der Waals surface area contributed by atoms with Gasteiger partial charge in [-0.25, -0.2) is 9.97 Å². The monoisotopic (exact) mass is 294 g/mol. The molecular weight excluding hydrogens is 280 g/mol. The summed E-state index contributed by atoms with van der Waals surface area (Å²) < 4.78 is 0. The average molecular weight is 294 g/mol. The standard InChI is InChI=1S/C16H14N4S/c1-16(2,15-18-7-8-21-15)20-14-9-11(10-17)12-5-3-4-6-13(12)19-14/h3-9H,1-2H3,(H,19,20). The molecule has 3 rings (SSSR count). The number of hydrogen-bond donors (Lipinski definition) is 1. The van der Waals surface area contributed by atoms with Gasteiger partial charge in [0.1, 0.15) is 10.8 Å². The second kappa shape index (κ2) is 5.15. The van der Waals surface area contributed by atoms with E-state index in [1.165, 1.54) is 0 Å². The molecule has 21 heavy (non-hydrogen) atoms. The van der Waals surface area contributed by atoms with Gasteiger partial charge in [0.15, 0.2) is 0 Å². The molecule has 5 heteroatoms. The molecule has 0 atom stereocenters. The van der Waals surface area contributed by atoms with Crippen molar-refractivity contribution in [2.45, 2.75) is 19.4 Å². The van der Waals surface area contributed by atoms with E-state index >= 15 is 0 Å². The van der Waals surface area contributed by atoms with Gasteiger partial charge in [-0.3, -0.25) is 0 Å². The van der Waals surface area contributed by atoms with Crippen LogP contribution in [0.2, 0.25) is 0 Å². The average Bonchev–Trinajstić information content (AvgIpc) is 3.01. The number of fused-ring (bicyclic) bond motifs is 1. The number of hydrogen-bond acceptors (Lipinski definition) is 5. The van der Waals surface area contributed by atoms with Crippen molar-refractivity contribution >= 4 is 28.1 Å². The maximum Gasteiger partial charge on any atom is 0.128 e. The van der Waals surface area contributed by atoms with E-state index in [2.05, 4.69) is 35.2 Å². The summed E-state index contributed by atoms with van der Waals surface area (Å²) in [5, 5.41) is 16.5. The summed E-state index contributed by atoms with van der Waals surface area (Å²) in [6.45, 7) is 4.10. The van der Waals surface area contributed by atoms with Crippen molar-refractivity contribution in [3.05, 3.63) is 52.5 Å². The summed E-state index contributed by atoms with van der Waals surface area (Å²) in [6, 6.07) is 11.7. The summed E-state index contributed by atoms with van der Waals surface area (Å²) in [5.41, 5.74) is 1.10. The first kappa shape index (κ1) is 13.5. The lowest BCUT2D eigenvalue weighted by Gasteiger charge is -2.24. The van der Waals surface area contributed by atoms with E-state index in [0.717, 1.165) is 15.9 Å². The lowest BCUT2D eigenvalue weighted by molar-refractivity contribution is 0.601. The van der Waals surface area contributed by atoms with Crippen LogP contribution < -0.4 is 5.32 Å². The van der Waals surface area contributed by atoms with E-state index in [1.807, 2.05) is 29.6 Å². The SMILES string of the molecule is CC(C)(Nc1cc(C#N)c2ccccc2n1)c1nccs1. The molecule has 104 valence electrons. The molecule has 0 radical (unpaired) electrons. The fourth-order valence-electron chi connectivity index (χ4n) is 2.24. The Morgan fingerprint density at radius 2 is 2.10 bits per heavy atom. The molecular formula is C16H14N4S. The molecule has 0 bridgehead atoms. The van der Waals surface area contributed by atoms with E-state index in [-0.39, 0.29) is 5.54 Å². The first-order valence-electron chi connectivity index (χ1n) is 6.58. The van der Waals surface area contributed by atoms with Gasteiger partial charge in [-0.05, 0) is 26.0 Å². The molecule has 0 saturated heterocycles. The highest BCUT2D eigenvalue weighted by Gasteiger charge is 2.23. The van der Waals surface area contributed by atoms with Crippen LogP contribution in [-0.4, -0.2) is 9.97 Å². The van der Waals surface area contributed by atoms with Crippen LogP contribution >= 0.6 is 11.3 Å². The van der Waals surface area contributed by atoms with E-state index in [0.29, 0.717) is 11.4 Å². The predicted molar refractivity (Wildman–Crippen MR) is 85.2 cm³/mol. The Morgan fingerprint density at radius 1 is 1.29 bits per heavy atom. The maximum atomic E-state index is 9.33. The molecule has 1 aromatic carbocycles. The zero-order chi connectivity index (χ0) is 14.9. The molecule has 0 unspecified atom stereocenters. The van der Waals surface area contributed by atoms with Crippen molar-refractivity contribution in [3.8, 4) is 6.07 Å². The highest BCUT2D eigenvalue weighted by atomic mass is 32.1. The van der Waals surface area contributed by atoms with Crippen LogP contribution in [0.4, 0.5) is 5.82 Å². The van der Waals surface area contributed by atoms with Crippen molar-refractivity contribution in [2.75, 3.05) is 5.32 Å². The summed E-state index contributed by atoms with van der Waals surface area (Å²) in [6.07, 6.45) is 1.79. The minimum Gasteiger partial charge on any atom is -0.359 e. The molecule has 3 aromatic rings. The minimum absolute atomic E-state index is 0.337. The first-order chi connectivity index (χ1) is 10.1. The number of aromatic nitrogens is 2. The molecule has 0 aliphatic carbocycles. The lowest BCUT2D eigenvalue weighted by atomic mass is 10.1. The molecule has 0 spiro atoms. The third kappa shape index (κ3) is 2.58. The van der Waals surface area contributed by atoms with Gasteiger partial charge in [-0.1, -0.05) is 18.2 Å². The second-order valence-electron chi connectivity index (χ2n) is 5.27. The number of pyridine rings is 1. The Morgan fingerprint density at radius 3 is 2.81 bits per heavy atom. The fraction of sp³-hybridized carbons (Fsp3) is 0.188. The van der Waals surface area contributed by atoms with Gasteiger partial charge in [0, 0.05) is 17.0 Å². The molecule has 1 N–H and O–H groups in total. The fourth-order valence-corrected chi connectivity index (χ4v) is 2.96. The predicted octanol–water partition coefficient (Wildman–Crippen LogP) is 3.91. The van der Waals surface area contributed by atoms with Gasteiger partial charge < -0.3 is 5.32 Å². The van der Waals surface area contributed by atoms with E-state index in [1.54, 1.807) is 23.6 Å². The third-order valence-corrected chi connectivity index (χ3v) is 4.34. The van der Waals surface area contributed by atoms with Crippen molar-refractivity contribution in [2.24, 2.45) is 0 Å². The van der Waals surface area contributed by atoms with Gasteiger partial charge in [-0.2, -0.15) is 5.26 Å². The van der Waals surface area contributed by atoms with Crippen LogP contribution in [0.25, 0.3) is 10.9 Å². The van der Waals surface area contributed by atoms with Crippen LogP contribution in [-0.2, 0) is 5.54 Å². The quantitative estimate of drug-likeness (QED) is 0.795. The number of para-hydroxylation sites is 1. The summed E-state index contributed by atoms with van der Waals surface area (Å²) in [7, 11) is 0. The summed E-state index contributed by atoms with van der Waals surface area (Å²) >= 11 is 1.60. The minimum atomic E-state index is -0.337. The smallest absolute Gasteiger partial charge is 0.128 e. The topological polar surface area (TPSA) is 61.6 Å². The van der Waals surface area contributed by atoms with Gasteiger partial charge in [0.25, 0.3) is 0 Å². The number of nitrogens with one attached hydrogen (secondary N) is 1. The number of anilines is 1.